The molecule has 1 fully saturated rings. The maximum atomic E-state index is 11.9. The highest BCUT2D eigenvalue weighted by Gasteiger charge is 2.28. The van der Waals surface area contributed by atoms with Gasteiger partial charge in [-0.1, -0.05) is 18.2 Å². The maximum Gasteiger partial charge on any atom is 0.207 e. The van der Waals surface area contributed by atoms with E-state index in [2.05, 4.69) is 10.6 Å². The zero-order valence-corrected chi connectivity index (χ0v) is 8.42. The average molecular weight is 212 g/mol. The predicted octanol–water partition coefficient (Wildman–Crippen LogP) is -0.0633. The molecule has 0 spiro atoms. The molecule has 0 amide bonds. The van der Waals surface area contributed by atoms with Crippen LogP contribution in [0.3, 0.4) is 0 Å². The summed E-state index contributed by atoms with van der Waals surface area (Å²) in [7, 11) is -3.26. The van der Waals surface area contributed by atoms with Gasteiger partial charge >= 0.3 is 0 Å². The van der Waals surface area contributed by atoms with Crippen LogP contribution in [0.1, 0.15) is 0 Å². The van der Waals surface area contributed by atoms with E-state index < -0.39 is 15.3 Å². The molecule has 76 valence electrons. The molecule has 2 rings (SSSR count). The molecule has 0 aromatic heterocycles. The van der Waals surface area contributed by atoms with Crippen molar-refractivity contribution < 1.29 is 8.42 Å². The van der Waals surface area contributed by atoms with Crippen molar-refractivity contribution in [3.63, 3.8) is 0 Å². The summed E-state index contributed by atoms with van der Waals surface area (Å²) in [6.45, 7) is 1.38. The lowest BCUT2D eigenvalue weighted by Gasteiger charge is -2.11. The molecule has 0 aliphatic carbocycles. The lowest BCUT2D eigenvalue weighted by atomic mass is 10.4. The summed E-state index contributed by atoms with van der Waals surface area (Å²) in [4.78, 5) is 0.354. The molecule has 4 nitrogen and oxygen atoms in total. The monoisotopic (exact) mass is 212 g/mol. The van der Waals surface area contributed by atoms with Gasteiger partial charge in [0.1, 0.15) is 0 Å². The van der Waals surface area contributed by atoms with E-state index in [4.69, 9.17) is 0 Å². The van der Waals surface area contributed by atoms with Gasteiger partial charge in [-0.05, 0) is 12.1 Å². The summed E-state index contributed by atoms with van der Waals surface area (Å²) in [6.07, 6.45) is 0. The van der Waals surface area contributed by atoms with E-state index in [1.807, 2.05) is 0 Å². The molecule has 1 saturated heterocycles. The first-order valence-electron chi connectivity index (χ1n) is 4.47. The molecule has 1 aromatic carbocycles. The summed E-state index contributed by atoms with van der Waals surface area (Å²) in [5.41, 5.74) is -0.634. The van der Waals surface area contributed by atoms with Gasteiger partial charge in [0, 0.05) is 13.1 Å². The Morgan fingerprint density at radius 1 is 1.07 bits per heavy atom. The predicted molar refractivity (Wildman–Crippen MR) is 53.4 cm³/mol. The van der Waals surface area contributed by atoms with Crippen molar-refractivity contribution in [2.24, 2.45) is 0 Å². The smallest absolute Gasteiger partial charge is 0.207 e. The summed E-state index contributed by atoms with van der Waals surface area (Å²) in [5.74, 6) is 0. The van der Waals surface area contributed by atoms with E-state index in [0.29, 0.717) is 18.0 Å². The highest BCUT2D eigenvalue weighted by Crippen LogP contribution is 2.13. The minimum absolute atomic E-state index is 0.354. The summed E-state index contributed by atoms with van der Waals surface area (Å²) in [6, 6.07) is 8.46. The van der Waals surface area contributed by atoms with Crippen molar-refractivity contribution in [2.75, 3.05) is 13.1 Å². The highest BCUT2D eigenvalue weighted by molar-refractivity contribution is 7.92. The number of hydrogen-bond donors (Lipinski definition) is 2. The molecule has 0 bridgehead atoms. The fraction of sp³-hybridized carbons (Fsp3) is 0.333. The van der Waals surface area contributed by atoms with E-state index in [1.54, 1.807) is 30.3 Å². The quantitative estimate of drug-likeness (QED) is 0.721. The maximum absolute atomic E-state index is 11.9. The van der Waals surface area contributed by atoms with Crippen LogP contribution in [-0.2, 0) is 9.84 Å². The number of nitrogens with one attached hydrogen (secondary N) is 2. The Hall–Kier alpha value is -0.910. The molecule has 1 aliphatic heterocycles. The third-order valence-electron chi connectivity index (χ3n) is 2.17. The van der Waals surface area contributed by atoms with Crippen LogP contribution in [-0.4, -0.2) is 27.0 Å². The summed E-state index contributed by atoms with van der Waals surface area (Å²) < 4.78 is 23.8. The minimum atomic E-state index is -3.26. The van der Waals surface area contributed by atoms with E-state index in [-0.39, 0.29) is 0 Å². The molecule has 5 heteroatoms. The van der Waals surface area contributed by atoms with Crippen LogP contribution >= 0.6 is 0 Å². The largest absolute Gasteiger partial charge is 0.288 e. The van der Waals surface area contributed by atoms with Gasteiger partial charge < -0.3 is 0 Å². The van der Waals surface area contributed by atoms with E-state index in [0.717, 1.165) is 0 Å². The van der Waals surface area contributed by atoms with Crippen molar-refractivity contribution in [3.8, 4) is 0 Å². The van der Waals surface area contributed by atoms with Gasteiger partial charge in [-0.15, -0.1) is 0 Å². The number of rotatable bonds is 2. The van der Waals surface area contributed by atoms with Gasteiger partial charge in [-0.25, -0.2) is 8.42 Å². The number of hydrogen-bond acceptors (Lipinski definition) is 4. The van der Waals surface area contributed by atoms with Crippen LogP contribution in [0.5, 0.6) is 0 Å². The summed E-state index contributed by atoms with van der Waals surface area (Å²) in [5, 5.41) is 5.79. The molecule has 0 radical (unpaired) electrons. The van der Waals surface area contributed by atoms with Gasteiger partial charge in [-0.2, -0.15) is 0 Å². The normalized spacial score (nSPS) is 18.6. The second kappa shape index (κ2) is 3.68. The number of benzene rings is 1. The van der Waals surface area contributed by atoms with Gasteiger partial charge in [0.05, 0.1) is 4.90 Å². The van der Waals surface area contributed by atoms with E-state index in [1.165, 1.54) is 0 Å². The Labute approximate surface area is 83.2 Å². The lowest BCUT2D eigenvalue weighted by molar-refractivity contribution is 0.561. The molecule has 1 heterocycles. The van der Waals surface area contributed by atoms with Crippen molar-refractivity contribution in [1.29, 1.82) is 0 Å². The van der Waals surface area contributed by atoms with Gasteiger partial charge in [-0.3, -0.25) is 10.6 Å². The standard InChI is InChI=1S/C9H12N2O2S/c12-14(13,9-10-6-7-11-9)8-4-2-1-3-5-8/h1-5,9-11H,6-7H2. The zero-order chi connectivity index (χ0) is 10.0. The Balaban J connectivity index is 2.33. The molecule has 0 atom stereocenters. The third-order valence-corrected chi connectivity index (χ3v) is 4.05. The first-order valence-corrected chi connectivity index (χ1v) is 6.01. The van der Waals surface area contributed by atoms with Crippen molar-refractivity contribution >= 4 is 9.84 Å². The summed E-state index contributed by atoms with van der Waals surface area (Å²) >= 11 is 0. The van der Waals surface area contributed by atoms with Crippen molar-refractivity contribution in [1.82, 2.24) is 10.6 Å². The molecule has 14 heavy (non-hydrogen) atoms. The van der Waals surface area contributed by atoms with Crippen molar-refractivity contribution in [3.05, 3.63) is 30.3 Å². The Morgan fingerprint density at radius 3 is 2.21 bits per heavy atom. The third kappa shape index (κ3) is 1.66. The van der Waals surface area contributed by atoms with Gasteiger partial charge in [0.2, 0.25) is 9.84 Å². The van der Waals surface area contributed by atoms with Crippen LogP contribution in [0.25, 0.3) is 0 Å². The first-order chi connectivity index (χ1) is 6.71. The van der Waals surface area contributed by atoms with Crippen LogP contribution in [0.4, 0.5) is 0 Å². The SMILES string of the molecule is O=S(=O)(c1ccccc1)C1NCCN1. The Bertz CT molecular complexity index is 396. The van der Waals surface area contributed by atoms with E-state index in [9.17, 15) is 8.42 Å². The Kier molecular flexibility index (Phi) is 2.54. The molecule has 0 unspecified atom stereocenters. The second-order valence-corrected chi connectivity index (χ2v) is 5.18. The lowest BCUT2D eigenvalue weighted by Crippen LogP contribution is -2.39. The molecular formula is C9H12N2O2S. The molecule has 1 aromatic rings. The van der Waals surface area contributed by atoms with Crippen LogP contribution in [0.2, 0.25) is 0 Å². The topological polar surface area (TPSA) is 58.2 Å². The molecular weight excluding hydrogens is 200 g/mol. The fourth-order valence-corrected chi connectivity index (χ4v) is 2.93. The molecule has 1 aliphatic rings. The zero-order valence-electron chi connectivity index (χ0n) is 7.60. The van der Waals surface area contributed by atoms with Gasteiger partial charge in [0.15, 0.2) is 5.50 Å². The minimum Gasteiger partial charge on any atom is -0.288 e. The van der Waals surface area contributed by atoms with Crippen LogP contribution < -0.4 is 10.6 Å². The van der Waals surface area contributed by atoms with Gasteiger partial charge in [0.25, 0.3) is 0 Å². The van der Waals surface area contributed by atoms with E-state index >= 15 is 0 Å². The average Bonchev–Trinajstić information content (AvgIpc) is 2.72. The first kappa shape index (κ1) is 9.64. The molecule has 2 N–H and O–H groups in total. The van der Waals surface area contributed by atoms with Crippen LogP contribution in [0.15, 0.2) is 35.2 Å². The Morgan fingerprint density at radius 2 is 1.64 bits per heavy atom. The highest BCUT2D eigenvalue weighted by atomic mass is 32.2. The number of sulfone groups is 1. The second-order valence-electron chi connectivity index (χ2n) is 3.15. The van der Waals surface area contributed by atoms with Crippen molar-refractivity contribution in [2.45, 2.75) is 10.4 Å². The molecule has 0 saturated carbocycles. The van der Waals surface area contributed by atoms with Crippen LogP contribution in [0, 0.1) is 0 Å². The fourth-order valence-electron chi connectivity index (χ4n) is 1.44.